The molecular weight excluding hydrogens is 136 g/mol. The van der Waals surface area contributed by atoms with E-state index in [2.05, 4.69) is 12.6 Å². The summed E-state index contributed by atoms with van der Waals surface area (Å²) in [4.78, 5) is 0. The van der Waals surface area contributed by atoms with Crippen molar-refractivity contribution in [2.24, 2.45) is 0 Å². The van der Waals surface area contributed by atoms with E-state index in [1.165, 1.54) is 12.5 Å². The highest BCUT2D eigenvalue weighted by Crippen LogP contribution is 2.01. The van der Waals surface area contributed by atoms with Crippen LogP contribution < -0.4 is 0 Å². The van der Waals surface area contributed by atoms with Crippen molar-refractivity contribution in [3.05, 3.63) is 11.8 Å². The molecule has 0 saturated heterocycles. The Hall–Kier alpha value is 0.247. The first-order valence-electron chi connectivity index (χ1n) is 2.95. The molecule has 0 N–H and O–H groups in total. The molecule has 0 nitrogen and oxygen atoms in total. The van der Waals surface area contributed by atoms with Crippen molar-refractivity contribution < 1.29 is 0 Å². The lowest BCUT2D eigenvalue weighted by molar-refractivity contribution is 1.07. The summed E-state index contributed by atoms with van der Waals surface area (Å²) >= 11 is 5.90. The van der Waals surface area contributed by atoms with Crippen LogP contribution in [0, 0.1) is 0 Å². The SMILES string of the molecule is C/C=C/[Si](Cl)CCC. The molecule has 8 heavy (non-hydrogen) atoms. The minimum Gasteiger partial charge on any atom is -0.163 e. The van der Waals surface area contributed by atoms with Gasteiger partial charge in [0.15, 0.2) is 8.11 Å². The van der Waals surface area contributed by atoms with Crippen LogP contribution in [0.4, 0.5) is 0 Å². The van der Waals surface area contributed by atoms with E-state index in [0.717, 1.165) is 0 Å². The standard InChI is InChI=1S/C6H12ClSi/c1-3-5-8(7)6-4-2/h3,5H,4,6H2,1-2H3/b5-3+. The maximum atomic E-state index is 5.90. The molecule has 0 aromatic heterocycles. The molecule has 1 radical (unpaired) electrons. The van der Waals surface area contributed by atoms with Crippen LogP contribution in [0.2, 0.25) is 6.04 Å². The molecule has 0 aromatic rings. The third-order valence-electron chi connectivity index (χ3n) is 0.836. The fraction of sp³-hybridized carbons (Fsp3) is 0.667. The second-order valence-corrected chi connectivity index (χ2v) is 4.88. The fourth-order valence-electron chi connectivity index (χ4n) is 0.503. The summed E-state index contributed by atoms with van der Waals surface area (Å²) < 4.78 is 0. The third kappa shape index (κ3) is 4.41. The lowest BCUT2D eigenvalue weighted by Gasteiger charge is -1.93. The van der Waals surface area contributed by atoms with E-state index in [0.29, 0.717) is 0 Å². The van der Waals surface area contributed by atoms with Crippen molar-refractivity contribution in [1.29, 1.82) is 0 Å². The first kappa shape index (κ1) is 8.25. The Morgan fingerprint density at radius 1 is 1.62 bits per heavy atom. The Kier molecular flexibility index (Phi) is 5.55. The van der Waals surface area contributed by atoms with Gasteiger partial charge in [-0.15, -0.1) is 0 Å². The average molecular weight is 148 g/mol. The van der Waals surface area contributed by atoms with Crippen LogP contribution in [0.1, 0.15) is 20.3 Å². The molecule has 0 aliphatic rings. The van der Waals surface area contributed by atoms with Crippen molar-refractivity contribution in [3.8, 4) is 0 Å². The maximum Gasteiger partial charge on any atom is 0.191 e. The van der Waals surface area contributed by atoms with Crippen molar-refractivity contribution in [2.75, 3.05) is 0 Å². The van der Waals surface area contributed by atoms with Gasteiger partial charge < -0.3 is 0 Å². The second kappa shape index (κ2) is 5.38. The Morgan fingerprint density at radius 3 is 2.62 bits per heavy atom. The Balaban J connectivity index is 3.17. The molecule has 0 unspecified atom stereocenters. The Bertz CT molecular complexity index is 70.9. The molecule has 0 aliphatic heterocycles. The van der Waals surface area contributed by atoms with E-state index < -0.39 is 8.11 Å². The Labute approximate surface area is 57.9 Å². The van der Waals surface area contributed by atoms with E-state index in [1.54, 1.807) is 0 Å². The molecule has 47 valence electrons. The molecule has 0 bridgehead atoms. The molecule has 0 fully saturated rings. The van der Waals surface area contributed by atoms with Gasteiger partial charge in [0.05, 0.1) is 0 Å². The van der Waals surface area contributed by atoms with Crippen molar-refractivity contribution in [3.63, 3.8) is 0 Å². The van der Waals surface area contributed by atoms with Gasteiger partial charge in [0, 0.05) is 0 Å². The van der Waals surface area contributed by atoms with Crippen LogP contribution in [-0.4, -0.2) is 8.11 Å². The van der Waals surface area contributed by atoms with Crippen LogP contribution in [0.25, 0.3) is 0 Å². The topological polar surface area (TPSA) is 0 Å². The first-order valence-corrected chi connectivity index (χ1v) is 5.75. The molecule has 0 atom stereocenters. The molecule has 0 aliphatic carbocycles. The highest BCUT2D eigenvalue weighted by molar-refractivity contribution is 7.09. The summed E-state index contributed by atoms with van der Waals surface area (Å²) in [6, 6.07) is 1.19. The number of rotatable bonds is 3. The van der Waals surface area contributed by atoms with E-state index in [4.69, 9.17) is 11.1 Å². The zero-order chi connectivity index (χ0) is 6.41. The summed E-state index contributed by atoms with van der Waals surface area (Å²) in [6.07, 6.45) is 3.25. The summed E-state index contributed by atoms with van der Waals surface area (Å²) in [5, 5.41) is 0. The average Bonchev–Trinajstić information content (AvgIpc) is 1.68. The minimum absolute atomic E-state index is 0.600. The largest absolute Gasteiger partial charge is 0.191 e. The van der Waals surface area contributed by atoms with Crippen LogP contribution >= 0.6 is 11.1 Å². The number of allylic oxidation sites excluding steroid dienone is 1. The summed E-state index contributed by atoms with van der Waals surface area (Å²) in [5.74, 6) is 0. The fourth-order valence-corrected chi connectivity index (χ4v) is 2.45. The summed E-state index contributed by atoms with van der Waals surface area (Å²) in [7, 11) is -0.600. The number of hydrogen-bond acceptors (Lipinski definition) is 0. The van der Waals surface area contributed by atoms with Gasteiger partial charge >= 0.3 is 0 Å². The first-order chi connectivity index (χ1) is 3.81. The zero-order valence-electron chi connectivity index (χ0n) is 5.45. The van der Waals surface area contributed by atoms with Gasteiger partial charge in [-0.2, -0.15) is 11.1 Å². The molecular formula is C6H12ClSi. The summed E-state index contributed by atoms with van der Waals surface area (Å²) in [5.41, 5.74) is 2.12. The van der Waals surface area contributed by atoms with Crippen LogP contribution in [-0.2, 0) is 0 Å². The maximum absolute atomic E-state index is 5.90. The van der Waals surface area contributed by atoms with Gasteiger partial charge in [-0.3, -0.25) is 0 Å². The van der Waals surface area contributed by atoms with Gasteiger partial charge in [-0.05, 0) is 13.0 Å². The van der Waals surface area contributed by atoms with Crippen LogP contribution in [0.15, 0.2) is 11.8 Å². The van der Waals surface area contributed by atoms with Crippen LogP contribution in [0.3, 0.4) is 0 Å². The number of halogens is 1. The van der Waals surface area contributed by atoms with Gasteiger partial charge in [-0.1, -0.05) is 25.1 Å². The van der Waals surface area contributed by atoms with Crippen molar-refractivity contribution in [2.45, 2.75) is 26.3 Å². The molecule has 2 heteroatoms. The Morgan fingerprint density at radius 2 is 2.25 bits per heavy atom. The van der Waals surface area contributed by atoms with Crippen molar-refractivity contribution >= 4 is 19.2 Å². The molecule has 0 spiro atoms. The zero-order valence-corrected chi connectivity index (χ0v) is 7.20. The van der Waals surface area contributed by atoms with Gasteiger partial charge in [0.1, 0.15) is 0 Å². The monoisotopic (exact) mass is 147 g/mol. The van der Waals surface area contributed by atoms with Gasteiger partial charge in [0.25, 0.3) is 0 Å². The molecule has 0 amide bonds. The number of hydrogen-bond donors (Lipinski definition) is 0. The predicted octanol–water partition coefficient (Wildman–Crippen LogP) is 2.74. The normalized spacial score (nSPS) is 11.5. The molecule has 0 heterocycles. The summed E-state index contributed by atoms with van der Waals surface area (Å²) in [6.45, 7) is 4.18. The van der Waals surface area contributed by atoms with Gasteiger partial charge in [-0.25, -0.2) is 0 Å². The molecule has 0 aromatic carbocycles. The second-order valence-electron chi connectivity index (χ2n) is 1.70. The smallest absolute Gasteiger partial charge is 0.163 e. The van der Waals surface area contributed by atoms with E-state index in [1.807, 2.05) is 13.0 Å². The minimum atomic E-state index is -0.600. The lowest BCUT2D eigenvalue weighted by Crippen LogP contribution is -1.95. The highest BCUT2D eigenvalue weighted by Gasteiger charge is 1.97. The van der Waals surface area contributed by atoms with E-state index >= 15 is 0 Å². The van der Waals surface area contributed by atoms with E-state index in [-0.39, 0.29) is 0 Å². The quantitative estimate of drug-likeness (QED) is 0.426. The third-order valence-corrected chi connectivity index (χ3v) is 3.45. The lowest BCUT2D eigenvalue weighted by atomic mass is 10.6. The van der Waals surface area contributed by atoms with Crippen LogP contribution in [0.5, 0.6) is 0 Å². The van der Waals surface area contributed by atoms with E-state index in [9.17, 15) is 0 Å². The highest BCUT2D eigenvalue weighted by atomic mass is 35.6. The van der Waals surface area contributed by atoms with Crippen molar-refractivity contribution in [1.82, 2.24) is 0 Å². The van der Waals surface area contributed by atoms with Gasteiger partial charge in [0.2, 0.25) is 0 Å². The molecule has 0 saturated carbocycles. The molecule has 0 rings (SSSR count). The predicted molar refractivity (Wildman–Crippen MR) is 41.5 cm³/mol.